The highest BCUT2D eigenvalue weighted by molar-refractivity contribution is 1.94. The lowest BCUT2D eigenvalue weighted by Gasteiger charge is -1.67. The SMILES string of the molecule is [O-][131I+2]([O-])O. The van der Waals surface area contributed by atoms with Crippen molar-refractivity contribution in [2.45, 2.75) is 0 Å². The Bertz CT molecular complexity index is 8.00. The topological polar surface area (TPSA) is 66.3 Å². The molecule has 0 amide bonds. The van der Waals surface area contributed by atoms with E-state index in [0.29, 0.717) is 0 Å². The molecule has 0 heterocycles. The van der Waals surface area contributed by atoms with Gasteiger partial charge in [-0.15, -0.1) is 0 Å². The third-order valence-corrected chi connectivity index (χ3v) is 0. The lowest BCUT2D eigenvalue weighted by molar-refractivity contribution is -1.63. The van der Waals surface area contributed by atoms with Crippen LogP contribution in [-0.4, -0.2) is 3.44 Å². The van der Waals surface area contributed by atoms with E-state index in [9.17, 15) is 0 Å². The molecule has 0 saturated carbocycles. The van der Waals surface area contributed by atoms with Gasteiger partial charge in [-0.25, -0.2) is 0 Å². The molecule has 0 bridgehead atoms. The van der Waals surface area contributed by atoms with Gasteiger partial charge in [-0.2, -0.15) is 0 Å². The number of hydrogen-bond donors (Lipinski definition) is 1. The van der Waals surface area contributed by atoms with Crippen molar-refractivity contribution in [2.24, 2.45) is 0 Å². The zero-order valence-electron chi connectivity index (χ0n) is 1.64. The summed E-state index contributed by atoms with van der Waals surface area (Å²) in [7, 11) is 0. The highest BCUT2D eigenvalue weighted by Gasteiger charge is 1.89. The molecule has 0 radical (unpaired) electrons. The van der Waals surface area contributed by atoms with Crippen LogP contribution in [0, 0.1) is 0 Å². The molecule has 0 rings (SSSR count). The van der Waals surface area contributed by atoms with Crippen LogP contribution in [-0.2, 0) is 0 Å². The van der Waals surface area contributed by atoms with Crippen molar-refractivity contribution in [3.8, 4) is 0 Å². The summed E-state index contributed by atoms with van der Waals surface area (Å²) in [5, 5.41) is 0. The molecule has 1 N–H and O–H groups in total. The fourth-order valence-electron chi connectivity index (χ4n) is 0. The maximum absolute atomic E-state index is 8.68. The molecule has 0 unspecified atom stereocenters. The van der Waals surface area contributed by atoms with E-state index in [0.717, 1.165) is 0 Å². The Kier molecular flexibility index (Phi) is 2.17. The fraction of sp³-hybridized carbons (Fsp3) is 0. The van der Waals surface area contributed by atoms with E-state index in [4.69, 9.17) is 10.3 Å². The van der Waals surface area contributed by atoms with Crippen molar-refractivity contribution in [3.05, 3.63) is 0 Å². The molecule has 4 heavy (non-hydrogen) atoms. The summed E-state index contributed by atoms with van der Waals surface area (Å²) >= 11 is -3.76. The molecule has 0 atom stereocenters. The Hall–Kier alpha value is 0.610. The van der Waals surface area contributed by atoms with Gasteiger partial charge in [0, 0.05) is 0 Å². The van der Waals surface area contributed by atoms with Crippen LogP contribution >= 0.6 is 0 Å². The molecule has 3 nitrogen and oxygen atoms in total. The summed E-state index contributed by atoms with van der Waals surface area (Å²) in [5.41, 5.74) is 0. The first-order valence-corrected chi connectivity index (χ1v) is 3.20. The Morgan fingerprint density at radius 1 is 1.50 bits per heavy atom. The van der Waals surface area contributed by atoms with Crippen molar-refractivity contribution >= 4 is 0 Å². The first-order valence-electron chi connectivity index (χ1n) is 0.478. The number of rotatable bonds is 0. The molecular weight excluding hydrogens is 179 g/mol. The highest BCUT2D eigenvalue weighted by atomic mass is 131. The average molecular weight is 180 g/mol. The second-order valence-corrected chi connectivity index (χ2v) is 1.35. The molecule has 0 spiro atoms. The summed E-state index contributed by atoms with van der Waals surface area (Å²) in [6, 6.07) is 0. The minimum Gasteiger partial charge on any atom is -0.396 e. The van der Waals surface area contributed by atoms with Crippen LogP contribution in [0.25, 0.3) is 0 Å². The Morgan fingerprint density at radius 2 is 1.50 bits per heavy atom. The van der Waals surface area contributed by atoms with Gasteiger partial charge >= 0.3 is 21.1 Å². The molecule has 0 aromatic heterocycles. The van der Waals surface area contributed by atoms with Crippen LogP contribution in [0.2, 0.25) is 0 Å². The van der Waals surface area contributed by atoms with E-state index in [1.165, 1.54) is 0 Å². The van der Waals surface area contributed by atoms with Crippen LogP contribution in [0.3, 0.4) is 0 Å². The smallest absolute Gasteiger partial charge is 0.396 e. The minimum absolute atomic E-state index is 3.76. The van der Waals surface area contributed by atoms with Crippen molar-refractivity contribution in [1.29, 1.82) is 0 Å². The monoisotopic (exact) mass is 180 g/mol. The van der Waals surface area contributed by atoms with E-state index in [2.05, 4.69) is 0 Å². The largest absolute Gasteiger partial charge is 0.503 e. The lowest BCUT2D eigenvalue weighted by atomic mass is 16.0. The zero-order chi connectivity index (χ0) is 3.58. The van der Waals surface area contributed by atoms with Crippen LogP contribution in [0.1, 0.15) is 0 Å². The van der Waals surface area contributed by atoms with Gasteiger partial charge in [0.25, 0.3) is 0 Å². The molecule has 0 aliphatic heterocycles. The van der Waals surface area contributed by atoms with E-state index < -0.39 is 21.1 Å². The molecule has 0 aromatic carbocycles. The molecule has 0 saturated heterocycles. The fourth-order valence-corrected chi connectivity index (χ4v) is 0. The highest BCUT2D eigenvalue weighted by Crippen LogP contribution is 0.251. The molecule has 0 aliphatic rings. The van der Waals surface area contributed by atoms with Crippen molar-refractivity contribution < 1.29 is 31.4 Å². The third-order valence-electron chi connectivity index (χ3n) is 0. The van der Waals surface area contributed by atoms with Crippen LogP contribution in [0.15, 0.2) is 0 Å². The van der Waals surface area contributed by atoms with Gasteiger partial charge < -0.3 is 6.87 Å². The first kappa shape index (κ1) is 4.61. The van der Waals surface area contributed by atoms with Gasteiger partial charge in [0.2, 0.25) is 0 Å². The van der Waals surface area contributed by atoms with Crippen LogP contribution in [0.4, 0.5) is 0 Å². The van der Waals surface area contributed by atoms with E-state index in [1.54, 1.807) is 0 Å². The molecule has 0 fully saturated rings. The van der Waals surface area contributed by atoms with Gasteiger partial charge in [0.05, 0.1) is 0 Å². The van der Waals surface area contributed by atoms with E-state index >= 15 is 0 Å². The predicted molar refractivity (Wildman–Crippen MR) is 2.22 cm³/mol. The van der Waals surface area contributed by atoms with Crippen LogP contribution in [0.5, 0.6) is 0 Å². The summed E-state index contributed by atoms with van der Waals surface area (Å²) < 4.78 is 24.5. The molecular formula is HIO3. The van der Waals surface area contributed by atoms with E-state index in [1.807, 2.05) is 0 Å². The van der Waals surface area contributed by atoms with Gasteiger partial charge in [0.1, 0.15) is 0 Å². The molecule has 0 aliphatic carbocycles. The number of halogens is 1. The normalized spacial score (nSPS) is 9.00. The number of hydrogen-bond acceptors (Lipinski definition) is 3. The summed E-state index contributed by atoms with van der Waals surface area (Å²) in [6.07, 6.45) is 0. The van der Waals surface area contributed by atoms with Crippen molar-refractivity contribution in [3.63, 3.8) is 0 Å². The summed E-state index contributed by atoms with van der Waals surface area (Å²) in [5.74, 6) is 0. The van der Waals surface area contributed by atoms with Gasteiger partial charge in [-0.05, 0) is 3.44 Å². The van der Waals surface area contributed by atoms with Crippen LogP contribution < -0.4 is 27.9 Å². The van der Waals surface area contributed by atoms with Gasteiger partial charge in [-0.3, -0.25) is 0 Å². The third kappa shape index (κ3) is 18.2. The predicted octanol–water partition coefficient (Wildman–Crippen LogP) is -5.93. The lowest BCUT2D eigenvalue weighted by Crippen LogP contribution is -3.98. The van der Waals surface area contributed by atoms with Gasteiger partial charge in [0.15, 0.2) is 0 Å². The Balaban J connectivity index is 2.32. The minimum atomic E-state index is -3.76. The second kappa shape index (κ2) is 1.89. The maximum atomic E-state index is 8.68. The zero-order valence-corrected chi connectivity index (χ0v) is 3.80. The average Bonchev–Trinajstić information content (AvgIpc) is 0.811. The summed E-state index contributed by atoms with van der Waals surface area (Å²) in [6.45, 7) is 0. The standard InChI is InChI=1S/HIO3/c2-1(3)4/h2H/i1+4. The molecule has 4 heteroatoms. The Morgan fingerprint density at radius 3 is 1.50 bits per heavy atom. The van der Waals surface area contributed by atoms with Gasteiger partial charge in [-0.1, -0.05) is 0 Å². The Labute approximate surface area is 31.9 Å². The van der Waals surface area contributed by atoms with Crippen molar-refractivity contribution in [1.82, 2.24) is 0 Å². The molecule has 0 aromatic rings. The second-order valence-electron chi connectivity index (χ2n) is 0.201. The molecule has 26 valence electrons. The quantitative estimate of drug-likeness (QED) is 0.377. The maximum Gasteiger partial charge on any atom is 0.503 e. The summed E-state index contributed by atoms with van der Waals surface area (Å²) in [4.78, 5) is 0. The van der Waals surface area contributed by atoms with E-state index in [-0.39, 0.29) is 0 Å². The first-order chi connectivity index (χ1) is 1.73. The van der Waals surface area contributed by atoms with Crippen molar-refractivity contribution in [2.75, 3.05) is 0 Å².